The number of amides is 1. The molecule has 1 aliphatic rings. The fourth-order valence-corrected chi connectivity index (χ4v) is 2.89. The molecule has 0 aliphatic carbocycles. The van der Waals surface area contributed by atoms with E-state index in [9.17, 15) is 18.0 Å². The maximum Gasteiger partial charge on any atom is 0.416 e. The molecule has 9 heteroatoms. The summed E-state index contributed by atoms with van der Waals surface area (Å²) < 4.78 is 49.7. The van der Waals surface area contributed by atoms with E-state index in [0.29, 0.717) is 29.2 Å². The maximum absolute atomic E-state index is 12.8. The number of alkyl halides is 3. The number of ether oxygens (including phenoxy) is 2. The van der Waals surface area contributed by atoms with Crippen molar-refractivity contribution in [1.82, 2.24) is 0 Å². The Hall–Kier alpha value is -1.93. The molecule has 1 heterocycles. The number of anilines is 1. The summed E-state index contributed by atoms with van der Waals surface area (Å²) >= 11 is 9.14. The van der Waals surface area contributed by atoms with E-state index in [-0.39, 0.29) is 16.3 Å². The first kappa shape index (κ1) is 17.9. The Bertz CT molecular complexity index is 842. The third-order valence-electron chi connectivity index (χ3n) is 3.42. The van der Waals surface area contributed by atoms with Gasteiger partial charge in [0.15, 0.2) is 11.5 Å². The summed E-state index contributed by atoms with van der Waals surface area (Å²) in [5.74, 6) is 0.228. The zero-order valence-electron chi connectivity index (χ0n) is 12.4. The van der Waals surface area contributed by atoms with Crippen LogP contribution >= 0.6 is 27.5 Å². The van der Waals surface area contributed by atoms with Crippen LogP contribution < -0.4 is 14.8 Å². The van der Waals surface area contributed by atoms with Crippen molar-refractivity contribution in [3.8, 4) is 11.5 Å². The standard InChI is InChI=1S/C16H10BrClF3NO3/c17-10-7-14-13(24-3-4-25-14)6-9(10)15(23)22-12-5-8(16(19,20)21)1-2-11(12)18/h1-2,5-7H,3-4H2,(H,22,23). The van der Waals surface area contributed by atoms with Gasteiger partial charge in [0.1, 0.15) is 13.2 Å². The number of benzene rings is 2. The molecule has 3 rings (SSSR count). The molecule has 0 radical (unpaired) electrons. The van der Waals surface area contributed by atoms with E-state index in [0.717, 1.165) is 18.2 Å². The number of carbonyl (C=O) groups is 1. The number of fused-ring (bicyclic) bond motifs is 1. The van der Waals surface area contributed by atoms with Crippen LogP contribution in [0.1, 0.15) is 15.9 Å². The molecule has 0 bridgehead atoms. The topological polar surface area (TPSA) is 47.6 Å². The highest BCUT2D eigenvalue weighted by Crippen LogP contribution is 2.37. The van der Waals surface area contributed by atoms with Gasteiger partial charge in [0, 0.05) is 4.47 Å². The van der Waals surface area contributed by atoms with Crippen LogP contribution in [0.25, 0.3) is 0 Å². The molecule has 0 saturated carbocycles. The van der Waals surface area contributed by atoms with Crippen LogP contribution in [0.4, 0.5) is 18.9 Å². The summed E-state index contributed by atoms with van der Waals surface area (Å²) in [7, 11) is 0. The van der Waals surface area contributed by atoms with Gasteiger partial charge in [0.2, 0.25) is 0 Å². The zero-order valence-corrected chi connectivity index (χ0v) is 14.8. The quantitative estimate of drug-likeness (QED) is 0.709. The number of halogens is 5. The lowest BCUT2D eigenvalue weighted by molar-refractivity contribution is -0.137. The van der Waals surface area contributed by atoms with Crippen molar-refractivity contribution in [2.24, 2.45) is 0 Å². The van der Waals surface area contributed by atoms with Crippen molar-refractivity contribution in [3.63, 3.8) is 0 Å². The highest BCUT2D eigenvalue weighted by atomic mass is 79.9. The van der Waals surface area contributed by atoms with E-state index in [1.807, 2.05) is 0 Å². The van der Waals surface area contributed by atoms with Crippen molar-refractivity contribution >= 4 is 39.1 Å². The monoisotopic (exact) mass is 435 g/mol. The Labute approximate surface area is 154 Å². The Morgan fingerprint density at radius 2 is 1.76 bits per heavy atom. The van der Waals surface area contributed by atoms with E-state index in [4.69, 9.17) is 21.1 Å². The summed E-state index contributed by atoms with van der Waals surface area (Å²) in [5.41, 5.74) is -0.866. The molecule has 0 aromatic heterocycles. The van der Waals surface area contributed by atoms with Crippen LogP contribution in [-0.2, 0) is 6.18 Å². The van der Waals surface area contributed by atoms with Crippen LogP contribution in [0.5, 0.6) is 11.5 Å². The van der Waals surface area contributed by atoms with Crippen molar-refractivity contribution in [1.29, 1.82) is 0 Å². The molecule has 132 valence electrons. The minimum absolute atomic E-state index is 0.00462. The van der Waals surface area contributed by atoms with Crippen LogP contribution in [0.3, 0.4) is 0 Å². The summed E-state index contributed by atoms with van der Waals surface area (Å²) in [4.78, 5) is 12.5. The molecule has 0 spiro atoms. The maximum atomic E-state index is 12.8. The summed E-state index contributed by atoms with van der Waals surface area (Å²) in [6.45, 7) is 0.736. The fraction of sp³-hybridized carbons (Fsp3) is 0.188. The Morgan fingerprint density at radius 3 is 2.40 bits per heavy atom. The first-order valence-electron chi connectivity index (χ1n) is 7.03. The number of rotatable bonds is 2. The van der Waals surface area contributed by atoms with Crippen molar-refractivity contribution < 1.29 is 27.4 Å². The van der Waals surface area contributed by atoms with Crippen molar-refractivity contribution in [2.75, 3.05) is 18.5 Å². The van der Waals surface area contributed by atoms with E-state index < -0.39 is 17.6 Å². The second kappa shape index (κ2) is 6.76. The third-order valence-corrected chi connectivity index (χ3v) is 4.40. The van der Waals surface area contributed by atoms with Gasteiger partial charge >= 0.3 is 6.18 Å². The number of carbonyl (C=O) groups excluding carboxylic acids is 1. The van der Waals surface area contributed by atoms with Crippen LogP contribution in [0.2, 0.25) is 5.02 Å². The average molecular weight is 437 g/mol. The van der Waals surface area contributed by atoms with E-state index in [2.05, 4.69) is 21.2 Å². The molecular formula is C16H10BrClF3NO3. The van der Waals surface area contributed by atoms with Gasteiger partial charge in [-0.25, -0.2) is 0 Å². The predicted molar refractivity (Wildman–Crippen MR) is 89.5 cm³/mol. The molecular weight excluding hydrogens is 427 g/mol. The molecule has 0 atom stereocenters. The molecule has 4 nitrogen and oxygen atoms in total. The number of hydrogen-bond donors (Lipinski definition) is 1. The van der Waals surface area contributed by atoms with Gasteiger partial charge in [0.05, 0.1) is 21.8 Å². The molecule has 0 fully saturated rings. The smallest absolute Gasteiger partial charge is 0.416 e. The summed E-state index contributed by atoms with van der Waals surface area (Å²) in [6.07, 6.45) is -4.54. The van der Waals surface area contributed by atoms with E-state index in [1.165, 1.54) is 6.07 Å². The van der Waals surface area contributed by atoms with Gasteiger partial charge in [-0.15, -0.1) is 0 Å². The van der Waals surface area contributed by atoms with Gasteiger partial charge in [-0.05, 0) is 46.3 Å². The third kappa shape index (κ3) is 3.85. The van der Waals surface area contributed by atoms with Crippen LogP contribution in [-0.4, -0.2) is 19.1 Å². The summed E-state index contributed by atoms with van der Waals surface area (Å²) in [5, 5.41) is 2.38. The number of hydrogen-bond acceptors (Lipinski definition) is 3. The molecule has 1 amide bonds. The van der Waals surface area contributed by atoms with Gasteiger partial charge in [0.25, 0.3) is 5.91 Å². The second-order valence-electron chi connectivity index (χ2n) is 5.12. The van der Waals surface area contributed by atoms with Gasteiger partial charge < -0.3 is 14.8 Å². The molecule has 0 unspecified atom stereocenters. The lowest BCUT2D eigenvalue weighted by atomic mass is 10.1. The highest BCUT2D eigenvalue weighted by molar-refractivity contribution is 9.10. The fourth-order valence-electron chi connectivity index (χ4n) is 2.23. The first-order chi connectivity index (χ1) is 11.8. The normalized spacial score (nSPS) is 13.5. The Kier molecular flexibility index (Phi) is 4.83. The van der Waals surface area contributed by atoms with Gasteiger partial charge in [-0.1, -0.05) is 11.6 Å². The van der Waals surface area contributed by atoms with E-state index >= 15 is 0 Å². The molecule has 25 heavy (non-hydrogen) atoms. The minimum Gasteiger partial charge on any atom is -0.486 e. The summed E-state index contributed by atoms with van der Waals surface area (Å²) in [6, 6.07) is 5.73. The molecule has 1 N–H and O–H groups in total. The first-order valence-corrected chi connectivity index (χ1v) is 8.20. The predicted octanol–water partition coefficient (Wildman–Crippen LogP) is 5.14. The van der Waals surface area contributed by atoms with Crippen LogP contribution in [0, 0.1) is 0 Å². The molecule has 2 aromatic rings. The van der Waals surface area contributed by atoms with E-state index in [1.54, 1.807) is 6.07 Å². The molecule has 1 aliphatic heterocycles. The average Bonchev–Trinajstić information content (AvgIpc) is 2.55. The van der Waals surface area contributed by atoms with Crippen molar-refractivity contribution in [2.45, 2.75) is 6.18 Å². The minimum atomic E-state index is -4.54. The van der Waals surface area contributed by atoms with Crippen LogP contribution in [0.15, 0.2) is 34.8 Å². The molecule has 0 saturated heterocycles. The lowest BCUT2D eigenvalue weighted by Gasteiger charge is -2.20. The zero-order chi connectivity index (χ0) is 18.2. The van der Waals surface area contributed by atoms with Crippen molar-refractivity contribution in [3.05, 3.63) is 51.0 Å². The number of nitrogens with one attached hydrogen (secondary N) is 1. The lowest BCUT2D eigenvalue weighted by Crippen LogP contribution is -2.18. The van der Waals surface area contributed by atoms with Gasteiger partial charge in [-0.2, -0.15) is 13.2 Å². The second-order valence-corrected chi connectivity index (χ2v) is 6.38. The molecule has 2 aromatic carbocycles. The largest absolute Gasteiger partial charge is 0.486 e. The Morgan fingerprint density at radius 1 is 1.12 bits per heavy atom. The highest BCUT2D eigenvalue weighted by Gasteiger charge is 2.31. The van der Waals surface area contributed by atoms with Gasteiger partial charge in [-0.3, -0.25) is 4.79 Å². The Balaban J connectivity index is 1.90. The SMILES string of the molecule is O=C(Nc1cc(C(F)(F)F)ccc1Cl)c1cc2c(cc1Br)OCCO2.